The Hall–Kier alpha value is -3.49. The van der Waals surface area contributed by atoms with Gasteiger partial charge in [-0.2, -0.15) is 5.10 Å². The van der Waals surface area contributed by atoms with E-state index in [9.17, 15) is 9.90 Å². The summed E-state index contributed by atoms with van der Waals surface area (Å²) in [7, 11) is 1.86. The van der Waals surface area contributed by atoms with E-state index >= 15 is 0 Å². The molecule has 2 aromatic heterocycles. The molecule has 3 aromatic rings. The fourth-order valence-corrected chi connectivity index (χ4v) is 3.49. The van der Waals surface area contributed by atoms with Crippen LogP contribution < -0.4 is 5.32 Å². The summed E-state index contributed by atoms with van der Waals surface area (Å²) in [5, 5.41) is 17.4. The Bertz CT molecular complexity index is 1090. The first-order valence-electron chi connectivity index (χ1n) is 10.1. The number of aryl methyl sites for hydroxylation is 1. The van der Waals surface area contributed by atoms with Crippen LogP contribution in [-0.4, -0.2) is 57.0 Å². The van der Waals surface area contributed by atoms with Crippen LogP contribution in [0, 0.1) is 0 Å². The maximum atomic E-state index is 12.4. The summed E-state index contributed by atoms with van der Waals surface area (Å²) in [5.74, 6) is -0.124. The van der Waals surface area contributed by atoms with Gasteiger partial charge >= 0.3 is 0 Å². The average Bonchev–Trinajstić information content (AvgIpc) is 3.21. The van der Waals surface area contributed by atoms with Crippen LogP contribution in [0.5, 0.6) is 5.75 Å². The van der Waals surface area contributed by atoms with Crippen LogP contribution in [0.4, 0.5) is 5.69 Å². The summed E-state index contributed by atoms with van der Waals surface area (Å²) in [4.78, 5) is 18.8. The molecule has 0 radical (unpaired) electrons. The van der Waals surface area contributed by atoms with Crippen molar-refractivity contribution < 1.29 is 14.6 Å². The minimum Gasteiger partial charge on any atom is -0.508 e. The molecule has 4 rings (SSSR count). The monoisotopic (exact) mass is 419 g/mol. The number of phenols is 1. The zero-order chi connectivity index (χ0) is 21.6. The van der Waals surface area contributed by atoms with E-state index in [1.54, 1.807) is 41.5 Å². The first kappa shape index (κ1) is 20.8. The highest BCUT2D eigenvalue weighted by Gasteiger charge is 2.13. The number of aromatic nitrogens is 3. The molecule has 160 valence electrons. The van der Waals surface area contributed by atoms with E-state index in [2.05, 4.69) is 20.3 Å². The number of aromatic hydroxyl groups is 1. The lowest BCUT2D eigenvalue weighted by Crippen LogP contribution is -2.35. The highest BCUT2D eigenvalue weighted by Crippen LogP contribution is 2.25. The van der Waals surface area contributed by atoms with Crippen LogP contribution in [-0.2, 0) is 23.1 Å². The molecule has 1 saturated heterocycles. The smallest absolute Gasteiger partial charge is 0.248 e. The van der Waals surface area contributed by atoms with Crippen molar-refractivity contribution in [1.29, 1.82) is 0 Å². The summed E-state index contributed by atoms with van der Waals surface area (Å²) < 4.78 is 7.08. The minimum absolute atomic E-state index is 0.166. The van der Waals surface area contributed by atoms with Crippen molar-refractivity contribution in [2.24, 2.45) is 7.05 Å². The molecular weight excluding hydrogens is 394 g/mol. The maximum absolute atomic E-state index is 12.4. The highest BCUT2D eigenvalue weighted by atomic mass is 16.5. The number of nitrogens with one attached hydrogen (secondary N) is 1. The fraction of sp³-hybridized carbons (Fsp3) is 0.261. The summed E-state index contributed by atoms with van der Waals surface area (Å²) in [6.07, 6.45) is 10.3. The van der Waals surface area contributed by atoms with Crippen molar-refractivity contribution in [2.45, 2.75) is 6.54 Å². The molecule has 0 atom stereocenters. The Labute approximate surface area is 180 Å². The van der Waals surface area contributed by atoms with Gasteiger partial charge in [-0.1, -0.05) is 6.07 Å². The van der Waals surface area contributed by atoms with Gasteiger partial charge in [0.2, 0.25) is 5.91 Å². The van der Waals surface area contributed by atoms with Gasteiger partial charge in [0.1, 0.15) is 5.75 Å². The quantitative estimate of drug-likeness (QED) is 0.597. The molecule has 31 heavy (non-hydrogen) atoms. The van der Waals surface area contributed by atoms with Crippen molar-refractivity contribution in [2.75, 3.05) is 31.6 Å². The minimum atomic E-state index is -0.290. The first-order chi connectivity index (χ1) is 15.1. The number of morpholine rings is 1. The van der Waals surface area contributed by atoms with Crippen LogP contribution in [0.3, 0.4) is 0 Å². The summed E-state index contributed by atoms with van der Waals surface area (Å²) in [5.41, 5.74) is 4.07. The zero-order valence-corrected chi connectivity index (χ0v) is 17.4. The summed E-state index contributed by atoms with van der Waals surface area (Å²) in [6.45, 7) is 3.76. The highest BCUT2D eigenvalue weighted by molar-refractivity contribution is 6.02. The normalized spacial score (nSPS) is 14.7. The molecule has 8 nitrogen and oxygen atoms in total. The predicted octanol–water partition coefficient (Wildman–Crippen LogP) is 2.67. The number of amides is 1. The second-order valence-corrected chi connectivity index (χ2v) is 7.42. The van der Waals surface area contributed by atoms with E-state index < -0.39 is 0 Å². The van der Waals surface area contributed by atoms with Gasteiger partial charge in [0.05, 0.1) is 19.4 Å². The molecule has 0 saturated carbocycles. The van der Waals surface area contributed by atoms with Crippen LogP contribution >= 0.6 is 0 Å². The Balaban J connectivity index is 1.41. The van der Waals surface area contributed by atoms with Gasteiger partial charge in [0.15, 0.2) is 0 Å². The molecule has 0 aliphatic carbocycles. The van der Waals surface area contributed by atoms with Crippen LogP contribution in [0.25, 0.3) is 17.2 Å². The Morgan fingerprint density at radius 3 is 2.84 bits per heavy atom. The number of pyridine rings is 1. The molecule has 1 aliphatic heterocycles. The number of nitrogens with zero attached hydrogens (tertiary/aromatic N) is 4. The third kappa shape index (κ3) is 5.36. The number of phenolic OH excluding ortho intramolecular Hbond substituents is 1. The van der Waals surface area contributed by atoms with E-state index in [0.717, 1.165) is 35.3 Å². The second kappa shape index (κ2) is 9.55. The molecule has 1 amide bonds. The van der Waals surface area contributed by atoms with Crippen molar-refractivity contribution in [3.63, 3.8) is 0 Å². The largest absolute Gasteiger partial charge is 0.508 e. The number of rotatable bonds is 6. The van der Waals surface area contributed by atoms with Crippen molar-refractivity contribution in [3.05, 3.63) is 66.3 Å². The second-order valence-electron chi connectivity index (χ2n) is 7.42. The maximum Gasteiger partial charge on any atom is 0.248 e. The standard InChI is InChI=1S/C23H25N5O3/c1-27-15-19(14-25-27)21-6-7-24-13-17(21)3-5-23(30)26-20-4-2-18(22(29)12-20)16-28-8-10-31-11-9-28/h2-7,12-15,29H,8-11,16H2,1H3,(H,26,30)/b5-3+. The summed E-state index contributed by atoms with van der Waals surface area (Å²) >= 11 is 0. The third-order valence-corrected chi connectivity index (χ3v) is 5.13. The Morgan fingerprint density at radius 1 is 1.26 bits per heavy atom. The van der Waals surface area contributed by atoms with E-state index in [4.69, 9.17) is 4.74 Å². The van der Waals surface area contributed by atoms with Crippen LogP contribution in [0.15, 0.2) is 55.1 Å². The van der Waals surface area contributed by atoms with E-state index in [1.807, 2.05) is 25.4 Å². The molecule has 2 N–H and O–H groups in total. The van der Waals surface area contributed by atoms with E-state index in [0.29, 0.717) is 25.4 Å². The lowest BCUT2D eigenvalue weighted by atomic mass is 10.0. The Morgan fingerprint density at radius 2 is 2.10 bits per heavy atom. The fourth-order valence-electron chi connectivity index (χ4n) is 3.49. The number of hydrogen-bond acceptors (Lipinski definition) is 6. The molecule has 8 heteroatoms. The molecule has 0 bridgehead atoms. The van der Waals surface area contributed by atoms with E-state index in [1.165, 1.54) is 6.08 Å². The van der Waals surface area contributed by atoms with E-state index in [-0.39, 0.29) is 11.7 Å². The lowest BCUT2D eigenvalue weighted by molar-refractivity contribution is -0.111. The topological polar surface area (TPSA) is 92.5 Å². The number of benzene rings is 1. The number of carbonyl (C=O) groups is 1. The number of anilines is 1. The van der Waals surface area contributed by atoms with Crippen molar-refractivity contribution in [1.82, 2.24) is 19.7 Å². The first-order valence-corrected chi connectivity index (χ1v) is 10.1. The third-order valence-electron chi connectivity index (χ3n) is 5.13. The molecule has 0 spiro atoms. The van der Waals surface area contributed by atoms with Gasteiger partial charge < -0.3 is 15.2 Å². The summed E-state index contributed by atoms with van der Waals surface area (Å²) in [6, 6.07) is 7.10. The van der Waals surface area contributed by atoms with Gasteiger partial charge in [-0.05, 0) is 23.8 Å². The van der Waals surface area contributed by atoms with Crippen molar-refractivity contribution in [3.8, 4) is 16.9 Å². The van der Waals surface area contributed by atoms with Gasteiger partial charge in [0, 0.05) is 79.8 Å². The molecule has 1 aromatic carbocycles. The average molecular weight is 419 g/mol. The lowest BCUT2D eigenvalue weighted by Gasteiger charge is -2.26. The number of hydrogen-bond donors (Lipinski definition) is 2. The molecular formula is C23H25N5O3. The van der Waals surface area contributed by atoms with Gasteiger partial charge in [-0.15, -0.1) is 0 Å². The van der Waals surface area contributed by atoms with Gasteiger partial charge in [0.25, 0.3) is 0 Å². The van der Waals surface area contributed by atoms with Gasteiger partial charge in [-0.25, -0.2) is 0 Å². The predicted molar refractivity (Wildman–Crippen MR) is 118 cm³/mol. The van der Waals surface area contributed by atoms with Crippen molar-refractivity contribution >= 4 is 17.7 Å². The Kier molecular flexibility index (Phi) is 6.40. The molecule has 0 unspecified atom stereocenters. The van der Waals surface area contributed by atoms with Crippen LogP contribution in [0.2, 0.25) is 0 Å². The molecule has 3 heterocycles. The van der Waals surface area contributed by atoms with Gasteiger partial charge in [-0.3, -0.25) is 19.4 Å². The van der Waals surface area contributed by atoms with Crippen LogP contribution in [0.1, 0.15) is 11.1 Å². The number of carbonyl (C=O) groups excluding carboxylic acids is 1. The molecule has 1 aliphatic rings. The number of ether oxygens (including phenoxy) is 1. The SMILES string of the molecule is Cn1cc(-c2ccncc2/C=C/C(=O)Nc2ccc(CN3CCOCC3)c(O)c2)cn1. The zero-order valence-electron chi connectivity index (χ0n) is 17.4. The molecule has 1 fully saturated rings.